The van der Waals surface area contributed by atoms with E-state index in [0.717, 1.165) is 16.8 Å². The van der Waals surface area contributed by atoms with Crippen molar-refractivity contribution in [2.24, 2.45) is 5.10 Å². The van der Waals surface area contributed by atoms with E-state index in [2.05, 4.69) is 29.5 Å². The van der Waals surface area contributed by atoms with Crippen LogP contribution in [0.15, 0.2) is 58.4 Å². The van der Waals surface area contributed by atoms with Crippen LogP contribution in [0, 0.1) is 13.8 Å². The predicted molar refractivity (Wildman–Crippen MR) is 122 cm³/mol. The number of hydrogen-bond donors (Lipinski definition) is 2. The molecule has 7 heteroatoms. The van der Waals surface area contributed by atoms with Crippen molar-refractivity contribution in [3.8, 4) is 11.4 Å². The van der Waals surface area contributed by atoms with Crippen molar-refractivity contribution >= 4 is 11.6 Å². The Hall–Kier alpha value is -3.61. The zero-order chi connectivity index (χ0) is 22.5. The Morgan fingerprint density at radius 1 is 1.16 bits per heavy atom. The maximum absolute atomic E-state index is 12.8. The highest BCUT2D eigenvalue weighted by Crippen LogP contribution is 2.27. The molecule has 2 aromatic carbocycles. The summed E-state index contributed by atoms with van der Waals surface area (Å²) < 4.78 is 7.19. The molecule has 0 unspecified atom stereocenters. The highest BCUT2D eigenvalue weighted by molar-refractivity contribution is 6.00. The SMILES string of the molecule is C/C(=N\NC(=O)COc1cc(C)ccc1C(C)C)c1c(C)[nH]n(-c2ccccc2)c1=O. The zero-order valence-corrected chi connectivity index (χ0v) is 18.5. The average molecular weight is 421 g/mol. The highest BCUT2D eigenvalue weighted by atomic mass is 16.5. The lowest BCUT2D eigenvalue weighted by molar-refractivity contribution is -0.123. The van der Waals surface area contributed by atoms with Crippen LogP contribution in [0.4, 0.5) is 0 Å². The number of aryl methyl sites for hydroxylation is 2. The largest absolute Gasteiger partial charge is 0.483 e. The number of carbonyl (C=O) groups is 1. The average Bonchev–Trinajstić information content (AvgIpc) is 3.05. The Morgan fingerprint density at radius 2 is 1.87 bits per heavy atom. The molecule has 0 radical (unpaired) electrons. The fourth-order valence-electron chi connectivity index (χ4n) is 3.35. The molecular weight excluding hydrogens is 392 g/mol. The van der Waals surface area contributed by atoms with E-state index >= 15 is 0 Å². The van der Waals surface area contributed by atoms with Gasteiger partial charge in [0.1, 0.15) is 5.75 Å². The van der Waals surface area contributed by atoms with E-state index in [0.29, 0.717) is 22.7 Å². The van der Waals surface area contributed by atoms with Gasteiger partial charge in [0.05, 0.1) is 17.0 Å². The Morgan fingerprint density at radius 3 is 2.55 bits per heavy atom. The quantitative estimate of drug-likeness (QED) is 0.450. The Kier molecular flexibility index (Phi) is 6.74. The van der Waals surface area contributed by atoms with E-state index in [9.17, 15) is 9.59 Å². The first-order chi connectivity index (χ1) is 14.8. The van der Waals surface area contributed by atoms with Gasteiger partial charge in [0.25, 0.3) is 11.5 Å². The third kappa shape index (κ3) is 5.12. The van der Waals surface area contributed by atoms with Gasteiger partial charge in [-0.1, -0.05) is 44.2 Å². The fourth-order valence-corrected chi connectivity index (χ4v) is 3.35. The molecule has 0 aliphatic rings. The number of hydrazone groups is 1. The minimum Gasteiger partial charge on any atom is -0.483 e. The van der Waals surface area contributed by atoms with E-state index < -0.39 is 5.91 Å². The first kappa shape index (κ1) is 22.1. The maximum Gasteiger partial charge on any atom is 0.280 e. The third-order valence-electron chi connectivity index (χ3n) is 4.95. The summed E-state index contributed by atoms with van der Waals surface area (Å²) in [5.41, 5.74) is 6.60. The van der Waals surface area contributed by atoms with Crippen LogP contribution >= 0.6 is 0 Å². The summed E-state index contributed by atoms with van der Waals surface area (Å²) in [4.78, 5) is 25.1. The molecule has 0 aliphatic carbocycles. The minimum atomic E-state index is -0.396. The van der Waals surface area contributed by atoms with Gasteiger partial charge >= 0.3 is 0 Å². The smallest absolute Gasteiger partial charge is 0.280 e. The van der Waals surface area contributed by atoms with Gasteiger partial charge in [-0.05, 0) is 56.0 Å². The molecule has 3 aromatic rings. The fraction of sp³-hybridized carbons (Fsp3) is 0.292. The van der Waals surface area contributed by atoms with E-state index in [4.69, 9.17) is 4.74 Å². The molecule has 0 bridgehead atoms. The number of amides is 1. The summed E-state index contributed by atoms with van der Waals surface area (Å²) in [5, 5.41) is 7.17. The number of rotatable bonds is 7. The van der Waals surface area contributed by atoms with Crippen LogP contribution in [0.1, 0.15) is 49.1 Å². The van der Waals surface area contributed by atoms with Crippen LogP contribution in [0.3, 0.4) is 0 Å². The number of benzene rings is 2. The van der Waals surface area contributed by atoms with Crippen LogP contribution in [0.25, 0.3) is 5.69 Å². The maximum atomic E-state index is 12.8. The van der Waals surface area contributed by atoms with Gasteiger partial charge in [0, 0.05) is 5.69 Å². The van der Waals surface area contributed by atoms with Gasteiger partial charge in [0.15, 0.2) is 6.61 Å². The number of ether oxygens (including phenoxy) is 1. The first-order valence-electron chi connectivity index (χ1n) is 10.2. The first-order valence-corrected chi connectivity index (χ1v) is 10.2. The molecule has 162 valence electrons. The van der Waals surface area contributed by atoms with E-state index in [1.807, 2.05) is 55.5 Å². The van der Waals surface area contributed by atoms with Gasteiger partial charge in [-0.2, -0.15) is 5.10 Å². The second-order valence-corrected chi connectivity index (χ2v) is 7.80. The normalized spacial score (nSPS) is 11.6. The highest BCUT2D eigenvalue weighted by Gasteiger charge is 2.16. The molecular formula is C24H28N4O3. The van der Waals surface area contributed by atoms with Crippen molar-refractivity contribution in [2.45, 2.75) is 40.5 Å². The minimum absolute atomic E-state index is 0.166. The van der Waals surface area contributed by atoms with Gasteiger partial charge in [-0.15, -0.1) is 0 Å². The van der Waals surface area contributed by atoms with E-state index in [-0.39, 0.29) is 18.1 Å². The molecule has 0 saturated heterocycles. The predicted octanol–water partition coefficient (Wildman–Crippen LogP) is 3.83. The zero-order valence-electron chi connectivity index (χ0n) is 18.5. The molecule has 7 nitrogen and oxygen atoms in total. The molecule has 2 N–H and O–H groups in total. The molecule has 1 amide bonds. The number of aromatic amines is 1. The van der Waals surface area contributed by atoms with Gasteiger partial charge in [0.2, 0.25) is 0 Å². The van der Waals surface area contributed by atoms with Crippen LogP contribution in [0.2, 0.25) is 0 Å². The Labute approximate surface area is 181 Å². The lowest BCUT2D eigenvalue weighted by Gasteiger charge is -2.14. The molecule has 0 saturated carbocycles. The molecule has 3 rings (SSSR count). The second-order valence-electron chi connectivity index (χ2n) is 7.80. The topological polar surface area (TPSA) is 88.5 Å². The van der Waals surface area contributed by atoms with Crippen molar-refractivity contribution < 1.29 is 9.53 Å². The lowest BCUT2D eigenvalue weighted by Crippen LogP contribution is -2.27. The third-order valence-corrected chi connectivity index (χ3v) is 4.95. The summed E-state index contributed by atoms with van der Waals surface area (Å²) in [7, 11) is 0. The summed E-state index contributed by atoms with van der Waals surface area (Å²) in [6.45, 7) is 9.45. The molecule has 0 spiro atoms. The summed E-state index contributed by atoms with van der Waals surface area (Å²) in [6.07, 6.45) is 0. The van der Waals surface area contributed by atoms with Crippen molar-refractivity contribution in [2.75, 3.05) is 6.61 Å². The Bertz CT molecular complexity index is 1160. The van der Waals surface area contributed by atoms with Crippen LogP contribution < -0.4 is 15.7 Å². The number of hydrogen-bond acceptors (Lipinski definition) is 4. The lowest BCUT2D eigenvalue weighted by atomic mass is 10.0. The Balaban J connectivity index is 1.70. The molecule has 0 aliphatic heterocycles. The van der Waals surface area contributed by atoms with Gasteiger partial charge < -0.3 is 4.74 Å². The van der Waals surface area contributed by atoms with Crippen LogP contribution in [0.5, 0.6) is 5.75 Å². The molecule has 1 aromatic heterocycles. The number of H-pyrrole nitrogens is 1. The van der Waals surface area contributed by atoms with Gasteiger partial charge in [-0.3, -0.25) is 14.7 Å². The molecule has 0 fully saturated rings. The number of nitrogens with zero attached hydrogens (tertiary/aromatic N) is 2. The van der Waals surface area contributed by atoms with Crippen molar-refractivity contribution in [3.05, 3.63) is 81.3 Å². The van der Waals surface area contributed by atoms with Crippen LogP contribution in [-0.4, -0.2) is 28.0 Å². The number of para-hydroxylation sites is 1. The van der Waals surface area contributed by atoms with Crippen LogP contribution in [-0.2, 0) is 4.79 Å². The standard InChI is InChI=1S/C24H28N4O3/c1-15(2)20-12-11-16(3)13-21(20)31-14-22(29)26-25-17(4)23-18(5)27-28(24(23)30)19-9-7-6-8-10-19/h6-13,15,27H,14H2,1-5H3,(H,26,29)/b25-17+. The van der Waals surface area contributed by atoms with E-state index in [1.54, 1.807) is 13.8 Å². The monoisotopic (exact) mass is 420 g/mol. The molecule has 1 heterocycles. The second kappa shape index (κ2) is 9.47. The van der Waals surface area contributed by atoms with Gasteiger partial charge in [-0.25, -0.2) is 10.1 Å². The van der Waals surface area contributed by atoms with Crippen molar-refractivity contribution in [3.63, 3.8) is 0 Å². The molecule has 0 atom stereocenters. The van der Waals surface area contributed by atoms with E-state index in [1.165, 1.54) is 4.68 Å². The summed E-state index contributed by atoms with van der Waals surface area (Å²) >= 11 is 0. The summed E-state index contributed by atoms with van der Waals surface area (Å²) in [6, 6.07) is 15.2. The van der Waals surface area contributed by atoms with Crippen molar-refractivity contribution in [1.82, 2.24) is 15.2 Å². The number of carbonyl (C=O) groups excluding carboxylic acids is 1. The summed E-state index contributed by atoms with van der Waals surface area (Å²) in [5.74, 6) is 0.576. The number of nitrogens with one attached hydrogen (secondary N) is 2. The number of aromatic nitrogens is 2. The van der Waals surface area contributed by atoms with Crippen molar-refractivity contribution in [1.29, 1.82) is 0 Å². The molecule has 31 heavy (non-hydrogen) atoms.